The first-order chi connectivity index (χ1) is 7.13. The molecule has 0 amide bonds. The van der Waals surface area contributed by atoms with Gasteiger partial charge in [-0.25, -0.2) is 0 Å². The van der Waals surface area contributed by atoms with Crippen molar-refractivity contribution in [2.24, 2.45) is 10.9 Å². The summed E-state index contributed by atoms with van der Waals surface area (Å²) < 4.78 is 0. The SMILES string of the molecule is CC1CC(C)SC(NC(C)CC2CC2)=N1. The number of aliphatic imine (C=N–C) groups is 1. The van der Waals surface area contributed by atoms with Gasteiger partial charge in [-0.3, -0.25) is 4.99 Å². The Hall–Kier alpha value is -0.180. The Balaban J connectivity index is 1.81. The molecule has 1 aliphatic carbocycles. The Morgan fingerprint density at radius 1 is 1.47 bits per heavy atom. The minimum Gasteiger partial charge on any atom is -0.362 e. The molecule has 3 unspecified atom stereocenters. The van der Waals surface area contributed by atoms with E-state index >= 15 is 0 Å². The highest BCUT2D eigenvalue weighted by molar-refractivity contribution is 8.14. The Morgan fingerprint density at radius 3 is 2.80 bits per heavy atom. The maximum Gasteiger partial charge on any atom is 0.157 e. The molecule has 15 heavy (non-hydrogen) atoms. The summed E-state index contributed by atoms with van der Waals surface area (Å²) in [5.41, 5.74) is 0. The van der Waals surface area contributed by atoms with Crippen LogP contribution in [0.15, 0.2) is 4.99 Å². The van der Waals surface area contributed by atoms with Gasteiger partial charge in [0.15, 0.2) is 5.17 Å². The number of nitrogens with one attached hydrogen (secondary N) is 1. The third-order valence-electron chi connectivity index (χ3n) is 3.08. The molecule has 1 fully saturated rings. The number of amidine groups is 1. The van der Waals surface area contributed by atoms with Gasteiger partial charge in [0, 0.05) is 11.3 Å². The van der Waals surface area contributed by atoms with Crippen LogP contribution in [0.2, 0.25) is 0 Å². The van der Waals surface area contributed by atoms with E-state index in [1.165, 1.54) is 30.9 Å². The third-order valence-corrected chi connectivity index (χ3v) is 4.12. The minimum atomic E-state index is 0.497. The molecule has 0 aromatic carbocycles. The highest BCUT2D eigenvalue weighted by Gasteiger charge is 2.25. The van der Waals surface area contributed by atoms with Crippen LogP contribution >= 0.6 is 11.8 Å². The van der Waals surface area contributed by atoms with E-state index in [4.69, 9.17) is 0 Å². The molecule has 0 aromatic rings. The summed E-state index contributed by atoms with van der Waals surface area (Å²) in [7, 11) is 0. The third kappa shape index (κ3) is 3.71. The van der Waals surface area contributed by atoms with Crippen molar-refractivity contribution in [3.8, 4) is 0 Å². The van der Waals surface area contributed by atoms with Crippen LogP contribution in [0, 0.1) is 5.92 Å². The van der Waals surface area contributed by atoms with Crippen molar-refractivity contribution >= 4 is 16.9 Å². The standard InChI is InChI=1S/C12H22N2S/c1-8-6-10(3)15-12(13-8)14-9(2)7-11-4-5-11/h8-11H,4-7H2,1-3H3,(H,13,14). The van der Waals surface area contributed by atoms with Crippen LogP contribution in [-0.4, -0.2) is 22.5 Å². The van der Waals surface area contributed by atoms with Crippen molar-refractivity contribution in [2.45, 2.75) is 63.8 Å². The average molecular weight is 226 g/mol. The molecule has 1 N–H and O–H groups in total. The summed E-state index contributed by atoms with van der Waals surface area (Å²) >= 11 is 1.90. The van der Waals surface area contributed by atoms with E-state index in [0.29, 0.717) is 17.3 Å². The lowest BCUT2D eigenvalue weighted by Crippen LogP contribution is -2.35. The highest BCUT2D eigenvalue weighted by atomic mass is 32.2. The zero-order valence-electron chi connectivity index (χ0n) is 9.99. The summed E-state index contributed by atoms with van der Waals surface area (Å²) in [4.78, 5) is 4.67. The summed E-state index contributed by atoms with van der Waals surface area (Å²) in [6.07, 6.45) is 5.42. The number of nitrogens with zero attached hydrogens (tertiary/aromatic N) is 1. The maximum atomic E-state index is 4.67. The zero-order chi connectivity index (χ0) is 10.8. The first-order valence-electron chi connectivity index (χ1n) is 6.14. The van der Waals surface area contributed by atoms with Crippen molar-refractivity contribution in [3.63, 3.8) is 0 Å². The monoisotopic (exact) mass is 226 g/mol. The maximum absolute atomic E-state index is 4.67. The van der Waals surface area contributed by atoms with Gasteiger partial charge in [0.05, 0.1) is 6.04 Å². The molecule has 0 bridgehead atoms. The molecular weight excluding hydrogens is 204 g/mol. The first-order valence-corrected chi connectivity index (χ1v) is 7.02. The quantitative estimate of drug-likeness (QED) is 0.800. The minimum absolute atomic E-state index is 0.497. The van der Waals surface area contributed by atoms with Crippen molar-refractivity contribution < 1.29 is 0 Å². The van der Waals surface area contributed by atoms with Crippen LogP contribution in [0.3, 0.4) is 0 Å². The fourth-order valence-electron chi connectivity index (χ4n) is 2.20. The number of rotatable bonds is 3. The van der Waals surface area contributed by atoms with Crippen molar-refractivity contribution in [1.29, 1.82) is 0 Å². The number of thioether (sulfide) groups is 1. The molecule has 0 saturated heterocycles. The fraction of sp³-hybridized carbons (Fsp3) is 0.917. The average Bonchev–Trinajstić information content (AvgIpc) is 2.85. The normalized spacial score (nSPS) is 33.4. The van der Waals surface area contributed by atoms with Gasteiger partial charge < -0.3 is 5.32 Å². The topological polar surface area (TPSA) is 24.4 Å². The molecule has 0 aromatic heterocycles. The van der Waals surface area contributed by atoms with Crippen LogP contribution < -0.4 is 5.32 Å². The molecule has 0 spiro atoms. The van der Waals surface area contributed by atoms with E-state index in [2.05, 4.69) is 31.1 Å². The summed E-state index contributed by atoms with van der Waals surface area (Å²) in [5.74, 6) is 0.997. The number of hydrogen-bond acceptors (Lipinski definition) is 3. The molecule has 0 radical (unpaired) electrons. The molecular formula is C12H22N2S. The predicted molar refractivity (Wildman–Crippen MR) is 68.5 cm³/mol. The van der Waals surface area contributed by atoms with Crippen LogP contribution in [-0.2, 0) is 0 Å². The van der Waals surface area contributed by atoms with Gasteiger partial charge >= 0.3 is 0 Å². The van der Waals surface area contributed by atoms with Gasteiger partial charge in [0.25, 0.3) is 0 Å². The largest absolute Gasteiger partial charge is 0.362 e. The van der Waals surface area contributed by atoms with E-state index in [1.54, 1.807) is 0 Å². The zero-order valence-corrected chi connectivity index (χ0v) is 10.8. The molecule has 1 saturated carbocycles. The van der Waals surface area contributed by atoms with Crippen molar-refractivity contribution in [2.75, 3.05) is 0 Å². The number of hydrogen-bond donors (Lipinski definition) is 1. The fourth-order valence-corrected chi connectivity index (χ4v) is 3.46. The lowest BCUT2D eigenvalue weighted by atomic mass is 10.2. The van der Waals surface area contributed by atoms with E-state index in [0.717, 1.165) is 5.92 Å². The Labute approximate surface area is 97.3 Å². The molecule has 2 rings (SSSR count). The second-order valence-corrected chi connectivity index (χ2v) is 6.60. The molecule has 2 aliphatic rings. The van der Waals surface area contributed by atoms with Gasteiger partial charge in [0.2, 0.25) is 0 Å². The second kappa shape index (κ2) is 4.77. The van der Waals surface area contributed by atoms with Crippen LogP contribution in [0.1, 0.15) is 46.5 Å². The van der Waals surface area contributed by atoms with E-state index in [9.17, 15) is 0 Å². The van der Waals surface area contributed by atoms with Crippen LogP contribution in [0.5, 0.6) is 0 Å². The van der Waals surface area contributed by atoms with E-state index < -0.39 is 0 Å². The van der Waals surface area contributed by atoms with Crippen molar-refractivity contribution in [1.82, 2.24) is 5.32 Å². The van der Waals surface area contributed by atoms with E-state index in [-0.39, 0.29) is 0 Å². The van der Waals surface area contributed by atoms with Gasteiger partial charge in [0.1, 0.15) is 0 Å². The van der Waals surface area contributed by atoms with E-state index in [1.807, 2.05) is 11.8 Å². The van der Waals surface area contributed by atoms with Crippen LogP contribution in [0.25, 0.3) is 0 Å². The molecule has 3 atom stereocenters. The smallest absolute Gasteiger partial charge is 0.157 e. The van der Waals surface area contributed by atoms with Gasteiger partial charge in [-0.05, 0) is 32.6 Å². The molecule has 2 nitrogen and oxygen atoms in total. The Kier molecular flexibility index (Phi) is 3.60. The van der Waals surface area contributed by atoms with Crippen molar-refractivity contribution in [3.05, 3.63) is 0 Å². The Morgan fingerprint density at radius 2 is 2.20 bits per heavy atom. The Bertz CT molecular complexity index is 248. The highest BCUT2D eigenvalue weighted by Crippen LogP contribution is 2.33. The van der Waals surface area contributed by atoms with Gasteiger partial charge in [-0.2, -0.15) is 0 Å². The van der Waals surface area contributed by atoms with Gasteiger partial charge in [-0.15, -0.1) is 0 Å². The summed E-state index contributed by atoms with van der Waals surface area (Å²) in [6, 6.07) is 1.10. The summed E-state index contributed by atoms with van der Waals surface area (Å²) in [5, 5.41) is 5.46. The lowest BCUT2D eigenvalue weighted by molar-refractivity contribution is 0.560. The first kappa shape index (κ1) is 11.3. The molecule has 3 heteroatoms. The lowest BCUT2D eigenvalue weighted by Gasteiger charge is -2.25. The predicted octanol–water partition coefficient (Wildman–Crippen LogP) is 3.03. The molecule has 86 valence electrons. The van der Waals surface area contributed by atoms with Gasteiger partial charge in [-0.1, -0.05) is 31.5 Å². The molecule has 1 heterocycles. The second-order valence-electron chi connectivity index (χ2n) is 5.17. The summed E-state index contributed by atoms with van der Waals surface area (Å²) in [6.45, 7) is 6.79. The van der Waals surface area contributed by atoms with Crippen LogP contribution in [0.4, 0.5) is 0 Å². The molecule has 1 aliphatic heterocycles.